The molecule has 0 atom stereocenters. The number of nitrogens with one attached hydrogen (secondary N) is 1. The number of alkyl halides is 3. The van der Waals surface area contributed by atoms with E-state index in [1.54, 1.807) is 19.1 Å². The molecule has 2 rings (SSSR count). The molecule has 0 aliphatic carbocycles. The van der Waals surface area contributed by atoms with E-state index in [1.807, 2.05) is 6.07 Å². The van der Waals surface area contributed by atoms with E-state index in [2.05, 4.69) is 21.2 Å². The van der Waals surface area contributed by atoms with Crippen molar-refractivity contribution in [3.8, 4) is 0 Å². The van der Waals surface area contributed by atoms with Crippen LogP contribution in [0.1, 0.15) is 21.5 Å². The Morgan fingerprint density at radius 2 is 1.86 bits per heavy atom. The molecule has 2 aromatic rings. The first-order chi connectivity index (χ1) is 9.77. The topological polar surface area (TPSA) is 29.1 Å². The largest absolute Gasteiger partial charge is 0.416 e. The molecule has 0 saturated heterocycles. The van der Waals surface area contributed by atoms with Gasteiger partial charge >= 0.3 is 6.18 Å². The Morgan fingerprint density at radius 1 is 1.14 bits per heavy atom. The second-order valence-corrected chi connectivity index (χ2v) is 5.41. The molecule has 0 spiro atoms. The zero-order valence-electron chi connectivity index (χ0n) is 11.0. The zero-order valence-corrected chi connectivity index (χ0v) is 12.5. The predicted octanol–water partition coefficient (Wildman–Crippen LogP) is 5.03. The lowest BCUT2D eigenvalue weighted by molar-refractivity contribution is -0.137. The summed E-state index contributed by atoms with van der Waals surface area (Å²) in [6.45, 7) is 1.80. The number of carbonyl (C=O) groups excluding carboxylic acids is 1. The Kier molecular flexibility index (Phi) is 4.37. The van der Waals surface area contributed by atoms with Crippen LogP contribution in [0.3, 0.4) is 0 Å². The fraction of sp³-hybridized carbons (Fsp3) is 0.133. The zero-order chi connectivity index (χ0) is 15.6. The molecule has 1 amide bonds. The highest BCUT2D eigenvalue weighted by Crippen LogP contribution is 2.29. The summed E-state index contributed by atoms with van der Waals surface area (Å²) < 4.78 is 38.7. The number of rotatable bonds is 2. The quantitative estimate of drug-likeness (QED) is 0.802. The summed E-state index contributed by atoms with van der Waals surface area (Å²) >= 11 is 3.30. The molecule has 0 aliphatic heterocycles. The minimum Gasteiger partial charge on any atom is -0.322 e. The highest BCUT2D eigenvalue weighted by atomic mass is 79.9. The molecule has 0 unspecified atom stereocenters. The number of benzene rings is 2. The van der Waals surface area contributed by atoms with Gasteiger partial charge in [-0.05, 0) is 48.9 Å². The van der Waals surface area contributed by atoms with Crippen LogP contribution in [0.2, 0.25) is 0 Å². The van der Waals surface area contributed by atoms with Gasteiger partial charge in [-0.15, -0.1) is 0 Å². The van der Waals surface area contributed by atoms with Crippen molar-refractivity contribution in [1.29, 1.82) is 0 Å². The molecule has 0 saturated carbocycles. The maximum atomic E-state index is 12.6. The van der Waals surface area contributed by atoms with E-state index in [0.29, 0.717) is 5.69 Å². The SMILES string of the molecule is Cc1cc(Br)ccc1NC(=O)c1cccc(C(F)(F)F)c1. The van der Waals surface area contributed by atoms with E-state index in [-0.39, 0.29) is 5.56 Å². The molecular formula is C15H11BrF3NO. The van der Waals surface area contributed by atoms with E-state index in [0.717, 1.165) is 22.2 Å². The van der Waals surface area contributed by atoms with Crippen LogP contribution >= 0.6 is 15.9 Å². The van der Waals surface area contributed by atoms with Crippen LogP contribution in [0.5, 0.6) is 0 Å². The molecule has 0 fully saturated rings. The van der Waals surface area contributed by atoms with Crippen molar-refractivity contribution >= 4 is 27.5 Å². The summed E-state index contributed by atoms with van der Waals surface area (Å²) in [6.07, 6.45) is -4.47. The lowest BCUT2D eigenvalue weighted by Crippen LogP contribution is -2.14. The molecule has 0 bridgehead atoms. The van der Waals surface area contributed by atoms with E-state index >= 15 is 0 Å². The number of carbonyl (C=O) groups is 1. The molecule has 2 nitrogen and oxygen atoms in total. The highest BCUT2D eigenvalue weighted by molar-refractivity contribution is 9.10. The van der Waals surface area contributed by atoms with E-state index in [1.165, 1.54) is 12.1 Å². The minimum atomic E-state index is -4.47. The molecule has 2 aromatic carbocycles. The van der Waals surface area contributed by atoms with Crippen molar-refractivity contribution in [3.05, 3.63) is 63.6 Å². The van der Waals surface area contributed by atoms with Crippen molar-refractivity contribution < 1.29 is 18.0 Å². The van der Waals surface area contributed by atoms with Crippen molar-refractivity contribution in [2.45, 2.75) is 13.1 Å². The Bertz CT molecular complexity index is 683. The van der Waals surface area contributed by atoms with Crippen LogP contribution < -0.4 is 5.32 Å². The first-order valence-electron chi connectivity index (χ1n) is 6.02. The van der Waals surface area contributed by atoms with Gasteiger partial charge in [-0.25, -0.2) is 0 Å². The summed E-state index contributed by atoms with van der Waals surface area (Å²) in [7, 11) is 0. The minimum absolute atomic E-state index is 0.0351. The monoisotopic (exact) mass is 357 g/mol. The highest BCUT2D eigenvalue weighted by Gasteiger charge is 2.30. The van der Waals surface area contributed by atoms with Crippen LogP contribution in [0.15, 0.2) is 46.9 Å². The Balaban J connectivity index is 2.25. The fourth-order valence-corrected chi connectivity index (χ4v) is 2.27. The maximum absolute atomic E-state index is 12.6. The lowest BCUT2D eigenvalue weighted by atomic mass is 10.1. The summed E-state index contributed by atoms with van der Waals surface area (Å²) in [5.74, 6) is -0.577. The van der Waals surface area contributed by atoms with Gasteiger partial charge in [-0.2, -0.15) is 13.2 Å². The van der Waals surface area contributed by atoms with Crippen molar-refractivity contribution in [2.75, 3.05) is 5.32 Å². The number of hydrogen-bond donors (Lipinski definition) is 1. The number of hydrogen-bond acceptors (Lipinski definition) is 1. The number of amides is 1. The lowest BCUT2D eigenvalue weighted by Gasteiger charge is -2.11. The van der Waals surface area contributed by atoms with E-state index in [4.69, 9.17) is 0 Å². The van der Waals surface area contributed by atoms with Crippen molar-refractivity contribution in [3.63, 3.8) is 0 Å². The maximum Gasteiger partial charge on any atom is 0.416 e. The van der Waals surface area contributed by atoms with E-state index in [9.17, 15) is 18.0 Å². The average Bonchev–Trinajstić information content (AvgIpc) is 2.41. The summed E-state index contributed by atoms with van der Waals surface area (Å²) in [5.41, 5.74) is 0.486. The third kappa shape index (κ3) is 3.85. The second-order valence-electron chi connectivity index (χ2n) is 4.49. The first kappa shape index (κ1) is 15.6. The number of anilines is 1. The second kappa shape index (κ2) is 5.89. The van der Waals surface area contributed by atoms with Gasteiger partial charge in [-0.1, -0.05) is 22.0 Å². The van der Waals surface area contributed by atoms with Gasteiger partial charge in [0.05, 0.1) is 5.56 Å². The summed E-state index contributed by atoms with van der Waals surface area (Å²) in [4.78, 5) is 12.0. The van der Waals surface area contributed by atoms with Crippen LogP contribution in [-0.4, -0.2) is 5.91 Å². The third-order valence-electron chi connectivity index (χ3n) is 2.89. The van der Waals surface area contributed by atoms with Crippen LogP contribution in [-0.2, 0) is 6.18 Å². The van der Waals surface area contributed by atoms with Gasteiger partial charge in [-0.3, -0.25) is 4.79 Å². The van der Waals surface area contributed by atoms with E-state index < -0.39 is 17.6 Å². The predicted molar refractivity (Wildman–Crippen MR) is 78.3 cm³/mol. The molecule has 0 aliphatic rings. The Hall–Kier alpha value is -1.82. The average molecular weight is 358 g/mol. The standard InChI is InChI=1S/C15H11BrF3NO/c1-9-7-12(16)5-6-13(9)20-14(21)10-3-2-4-11(8-10)15(17,18)19/h2-8H,1H3,(H,20,21). The molecule has 6 heteroatoms. The van der Waals surface area contributed by atoms with Crippen LogP contribution in [0.25, 0.3) is 0 Å². The van der Waals surface area contributed by atoms with Crippen LogP contribution in [0.4, 0.5) is 18.9 Å². The number of halogens is 4. The number of aryl methyl sites for hydroxylation is 1. The third-order valence-corrected chi connectivity index (χ3v) is 3.38. The molecule has 0 heterocycles. The summed E-state index contributed by atoms with van der Waals surface area (Å²) in [6, 6.07) is 9.57. The normalized spacial score (nSPS) is 11.3. The van der Waals surface area contributed by atoms with Gasteiger partial charge in [0.2, 0.25) is 0 Å². The van der Waals surface area contributed by atoms with Gasteiger partial charge in [0.1, 0.15) is 0 Å². The smallest absolute Gasteiger partial charge is 0.322 e. The molecular weight excluding hydrogens is 347 g/mol. The van der Waals surface area contributed by atoms with Crippen LogP contribution in [0, 0.1) is 6.92 Å². The van der Waals surface area contributed by atoms with Gasteiger partial charge in [0, 0.05) is 15.7 Å². The fourth-order valence-electron chi connectivity index (χ4n) is 1.80. The molecule has 110 valence electrons. The Morgan fingerprint density at radius 3 is 2.48 bits per heavy atom. The molecule has 0 aromatic heterocycles. The summed E-state index contributed by atoms with van der Waals surface area (Å²) in [5, 5.41) is 2.61. The van der Waals surface area contributed by atoms with Gasteiger partial charge < -0.3 is 5.32 Å². The Labute approximate surface area is 128 Å². The van der Waals surface area contributed by atoms with Crippen molar-refractivity contribution in [1.82, 2.24) is 0 Å². The molecule has 0 radical (unpaired) electrons. The van der Waals surface area contributed by atoms with Gasteiger partial charge in [0.15, 0.2) is 0 Å². The van der Waals surface area contributed by atoms with Gasteiger partial charge in [0.25, 0.3) is 5.91 Å². The first-order valence-corrected chi connectivity index (χ1v) is 6.81. The van der Waals surface area contributed by atoms with Crippen molar-refractivity contribution in [2.24, 2.45) is 0 Å². The molecule has 21 heavy (non-hydrogen) atoms. The molecule has 1 N–H and O–H groups in total.